The van der Waals surface area contributed by atoms with Gasteiger partial charge in [-0.1, -0.05) is 30.3 Å². The van der Waals surface area contributed by atoms with Gasteiger partial charge >= 0.3 is 0 Å². The lowest BCUT2D eigenvalue weighted by atomic mass is 10.1. The van der Waals surface area contributed by atoms with Crippen LogP contribution < -0.4 is 5.73 Å². The van der Waals surface area contributed by atoms with Gasteiger partial charge in [0.1, 0.15) is 0 Å². The molecule has 3 rings (SSSR count). The van der Waals surface area contributed by atoms with E-state index in [0.717, 1.165) is 36.5 Å². The van der Waals surface area contributed by atoms with Gasteiger partial charge in [0.25, 0.3) is 0 Å². The summed E-state index contributed by atoms with van der Waals surface area (Å²) in [5, 5.41) is 12.0. The van der Waals surface area contributed by atoms with E-state index < -0.39 is 0 Å². The maximum Gasteiger partial charge on any atom is 0.182 e. The van der Waals surface area contributed by atoms with Crippen LogP contribution in [-0.2, 0) is 13.0 Å². The Morgan fingerprint density at radius 2 is 1.71 bits per heavy atom. The van der Waals surface area contributed by atoms with Crippen molar-refractivity contribution in [1.29, 1.82) is 0 Å². The molecule has 3 aromatic rings. The Bertz CT molecular complexity index is 688. The summed E-state index contributed by atoms with van der Waals surface area (Å²) < 4.78 is 1.84. The van der Waals surface area contributed by atoms with Crippen molar-refractivity contribution in [2.75, 3.05) is 5.73 Å². The second-order valence-electron chi connectivity index (χ2n) is 4.94. The molecular formula is C16H17N5. The molecule has 0 saturated carbocycles. The number of nitrogens with two attached hydrogens (primary N) is 1. The molecule has 0 fully saturated rings. The normalized spacial score (nSPS) is 10.7. The molecule has 106 valence electrons. The molecule has 2 N–H and O–H groups in total. The fourth-order valence-corrected chi connectivity index (χ4v) is 2.27. The van der Waals surface area contributed by atoms with E-state index in [-0.39, 0.29) is 0 Å². The van der Waals surface area contributed by atoms with Gasteiger partial charge in [-0.05, 0) is 53.1 Å². The highest BCUT2D eigenvalue weighted by Gasteiger charge is 2.08. The first-order valence-electron chi connectivity index (χ1n) is 6.99. The number of benzene rings is 2. The third-order valence-corrected chi connectivity index (χ3v) is 3.38. The number of aromatic nitrogens is 4. The second-order valence-corrected chi connectivity index (χ2v) is 4.94. The summed E-state index contributed by atoms with van der Waals surface area (Å²) in [4.78, 5) is 0. The molecule has 0 bridgehead atoms. The summed E-state index contributed by atoms with van der Waals surface area (Å²) in [6, 6.07) is 18.0. The largest absolute Gasteiger partial charge is 0.399 e. The smallest absolute Gasteiger partial charge is 0.182 e. The van der Waals surface area contributed by atoms with Crippen LogP contribution in [0.2, 0.25) is 0 Å². The first kappa shape index (κ1) is 13.3. The minimum Gasteiger partial charge on any atom is -0.399 e. The topological polar surface area (TPSA) is 69.6 Å². The van der Waals surface area contributed by atoms with Gasteiger partial charge in [-0.15, -0.1) is 5.10 Å². The van der Waals surface area contributed by atoms with E-state index in [1.54, 1.807) is 0 Å². The Balaban J connectivity index is 1.67. The van der Waals surface area contributed by atoms with Crippen LogP contribution in [-0.4, -0.2) is 20.2 Å². The molecule has 0 aliphatic rings. The van der Waals surface area contributed by atoms with Gasteiger partial charge in [0.05, 0.1) is 0 Å². The number of tetrazole rings is 1. The molecule has 5 nitrogen and oxygen atoms in total. The Morgan fingerprint density at radius 1 is 0.952 bits per heavy atom. The van der Waals surface area contributed by atoms with Gasteiger partial charge in [-0.3, -0.25) is 0 Å². The Morgan fingerprint density at radius 3 is 2.48 bits per heavy atom. The molecule has 0 spiro atoms. The van der Waals surface area contributed by atoms with Gasteiger partial charge < -0.3 is 5.73 Å². The van der Waals surface area contributed by atoms with Crippen LogP contribution in [0.3, 0.4) is 0 Å². The van der Waals surface area contributed by atoms with E-state index in [4.69, 9.17) is 5.73 Å². The molecule has 0 saturated heterocycles. The van der Waals surface area contributed by atoms with Crippen LogP contribution in [0.1, 0.15) is 12.0 Å². The van der Waals surface area contributed by atoms with E-state index in [0.29, 0.717) is 0 Å². The molecule has 2 aromatic carbocycles. The zero-order valence-corrected chi connectivity index (χ0v) is 11.7. The summed E-state index contributed by atoms with van der Waals surface area (Å²) in [5.41, 5.74) is 8.76. The van der Waals surface area contributed by atoms with Crippen molar-refractivity contribution in [3.63, 3.8) is 0 Å². The molecule has 21 heavy (non-hydrogen) atoms. The molecular weight excluding hydrogens is 262 g/mol. The van der Waals surface area contributed by atoms with Crippen molar-refractivity contribution in [3.05, 3.63) is 60.2 Å². The monoisotopic (exact) mass is 279 g/mol. The van der Waals surface area contributed by atoms with Gasteiger partial charge in [-0.25, -0.2) is 4.68 Å². The van der Waals surface area contributed by atoms with Crippen LogP contribution in [0.4, 0.5) is 5.69 Å². The zero-order valence-electron chi connectivity index (χ0n) is 11.7. The third-order valence-electron chi connectivity index (χ3n) is 3.38. The Labute approximate surface area is 123 Å². The lowest BCUT2D eigenvalue weighted by Crippen LogP contribution is -2.04. The van der Waals surface area contributed by atoms with Gasteiger partial charge in [0.2, 0.25) is 0 Å². The number of aryl methyl sites for hydroxylation is 2. The summed E-state index contributed by atoms with van der Waals surface area (Å²) >= 11 is 0. The van der Waals surface area contributed by atoms with E-state index in [1.807, 2.05) is 35.0 Å². The maximum absolute atomic E-state index is 5.70. The molecule has 1 heterocycles. The van der Waals surface area contributed by atoms with Gasteiger partial charge in [0.15, 0.2) is 5.82 Å². The van der Waals surface area contributed by atoms with Crippen LogP contribution >= 0.6 is 0 Å². The van der Waals surface area contributed by atoms with Gasteiger partial charge in [-0.2, -0.15) is 0 Å². The average Bonchev–Trinajstić information content (AvgIpc) is 2.98. The van der Waals surface area contributed by atoms with E-state index in [2.05, 4.69) is 39.8 Å². The molecule has 0 amide bonds. The third kappa shape index (κ3) is 3.25. The highest BCUT2D eigenvalue weighted by atomic mass is 15.5. The molecule has 0 atom stereocenters. The van der Waals surface area contributed by atoms with Crippen molar-refractivity contribution in [3.8, 4) is 11.4 Å². The molecule has 0 aliphatic carbocycles. The van der Waals surface area contributed by atoms with Crippen LogP contribution in [0.15, 0.2) is 54.6 Å². The molecule has 5 heteroatoms. The minimum absolute atomic E-state index is 0.738. The summed E-state index contributed by atoms with van der Waals surface area (Å²) in [6.45, 7) is 0.793. The van der Waals surface area contributed by atoms with Crippen molar-refractivity contribution >= 4 is 5.69 Å². The predicted octanol–water partition coefficient (Wildman–Crippen LogP) is 2.56. The quantitative estimate of drug-likeness (QED) is 0.729. The average molecular weight is 279 g/mol. The highest BCUT2D eigenvalue weighted by molar-refractivity contribution is 5.58. The first-order chi connectivity index (χ1) is 10.3. The molecule has 0 aliphatic heterocycles. The van der Waals surface area contributed by atoms with Crippen molar-refractivity contribution < 1.29 is 0 Å². The maximum atomic E-state index is 5.70. The summed E-state index contributed by atoms with van der Waals surface area (Å²) in [7, 11) is 0. The lowest BCUT2D eigenvalue weighted by molar-refractivity contribution is 0.563. The number of nitrogens with zero attached hydrogens (tertiary/aromatic N) is 4. The number of hydrogen-bond acceptors (Lipinski definition) is 4. The zero-order chi connectivity index (χ0) is 14.5. The van der Waals surface area contributed by atoms with Crippen molar-refractivity contribution in [2.45, 2.75) is 19.4 Å². The number of hydrogen-bond donors (Lipinski definition) is 1. The van der Waals surface area contributed by atoms with E-state index >= 15 is 0 Å². The van der Waals surface area contributed by atoms with E-state index in [1.165, 1.54) is 5.56 Å². The molecule has 0 unspecified atom stereocenters. The van der Waals surface area contributed by atoms with Crippen LogP contribution in [0.5, 0.6) is 0 Å². The SMILES string of the molecule is Nc1ccc(-c2nnnn2CCCc2ccccc2)cc1. The number of anilines is 1. The van der Waals surface area contributed by atoms with Crippen molar-refractivity contribution in [2.24, 2.45) is 0 Å². The fourth-order valence-electron chi connectivity index (χ4n) is 2.27. The summed E-state index contributed by atoms with van der Waals surface area (Å²) in [5.74, 6) is 0.781. The molecule has 0 radical (unpaired) electrons. The van der Waals surface area contributed by atoms with Crippen molar-refractivity contribution in [1.82, 2.24) is 20.2 Å². The Hall–Kier alpha value is -2.69. The summed E-state index contributed by atoms with van der Waals surface area (Å²) in [6.07, 6.45) is 2.01. The van der Waals surface area contributed by atoms with Crippen LogP contribution in [0, 0.1) is 0 Å². The standard InChI is InChI=1S/C16H17N5/c17-15-10-8-14(9-11-15)16-18-19-20-21(16)12-4-7-13-5-2-1-3-6-13/h1-3,5-6,8-11H,4,7,12,17H2. The van der Waals surface area contributed by atoms with Gasteiger partial charge in [0, 0.05) is 17.8 Å². The lowest BCUT2D eigenvalue weighted by Gasteiger charge is -2.05. The first-order valence-corrected chi connectivity index (χ1v) is 6.99. The highest BCUT2D eigenvalue weighted by Crippen LogP contribution is 2.17. The molecule has 1 aromatic heterocycles. The Kier molecular flexibility index (Phi) is 3.91. The number of nitrogen functional groups attached to an aromatic ring is 1. The predicted molar refractivity (Wildman–Crippen MR) is 82.4 cm³/mol. The minimum atomic E-state index is 0.738. The number of rotatable bonds is 5. The van der Waals surface area contributed by atoms with Crippen LogP contribution in [0.25, 0.3) is 11.4 Å². The second kappa shape index (κ2) is 6.17. The fraction of sp³-hybridized carbons (Fsp3) is 0.188. The van der Waals surface area contributed by atoms with E-state index in [9.17, 15) is 0 Å².